The van der Waals surface area contributed by atoms with Crippen molar-refractivity contribution in [1.29, 1.82) is 0 Å². The standard InChI is InChI=1S/C13H21N5O2S2/c1-7(2)6-14-11(20)16-10(19)8(3)21-13-18-17-12(22-13)15-9-4-5-9/h7-9H,4-6H2,1-3H3,(H,15,17)(H2,14,16,19,20)/t8-/m0/s1. The molecule has 7 nitrogen and oxygen atoms in total. The number of hydrogen-bond donors (Lipinski definition) is 3. The van der Waals surface area contributed by atoms with Crippen LogP contribution in [0.4, 0.5) is 9.93 Å². The van der Waals surface area contributed by atoms with Gasteiger partial charge >= 0.3 is 6.03 Å². The molecule has 1 aliphatic carbocycles. The molecule has 0 radical (unpaired) electrons. The van der Waals surface area contributed by atoms with E-state index >= 15 is 0 Å². The summed E-state index contributed by atoms with van der Waals surface area (Å²) in [6, 6.07) is 0.0654. The summed E-state index contributed by atoms with van der Waals surface area (Å²) in [5, 5.41) is 16.7. The van der Waals surface area contributed by atoms with Crippen LogP contribution in [0.5, 0.6) is 0 Å². The predicted octanol–water partition coefficient (Wildman–Crippen LogP) is 2.07. The minimum atomic E-state index is -0.459. The maximum absolute atomic E-state index is 11.9. The van der Waals surface area contributed by atoms with Crippen LogP contribution >= 0.6 is 23.1 Å². The van der Waals surface area contributed by atoms with Crippen molar-refractivity contribution in [1.82, 2.24) is 20.8 Å². The van der Waals surface area contributed by atoms with Gasteiger partial charge in [-0.15, -0.1) is 10.2 Å². The second-order valence-corrected chi connectivity index (χ2v) is 8.21. The van der Waals surface area contributed by atoms with Crippen molar-refractivity contribution in [2.45, 2.75) is 49.2 Å². The van der Waals surface area contributed by atoms with E-state index < -0.39 is 11.3 Å². The van der Waals surface area contributed by atoms with Crippen molar-refractivity contribution >= 4 is 40.2 Å². The first kappa shape index (κ1) is 17.0. The fourth-order valence-corrected chi connectivity index (χ4v) is 3.45. The number of amides is 3. The fraction of sp³-hybridized carbons (Fsp3) is 0.692. The third-order valence-electron chi connectivity index (χ3n) is 2.87. The minimum absolute atomic E-state index is 0.335. The molecule has 1 aromatic rings. The van der Waals surface area contributed by atoms with Crippen LogP contribution in [0.15, 0.2) is 4.34 Å². The van der Waals surface area contributed by atoms with Crippen LogP contribution in [-0.2, 0) is 4.79 Å². The Bertz CT molecular complexity index is 530. The van der Waals surface area contributed by atoms with E-state index in [0.717, 1.165) is 5.13 Å². The summed E-state index contributed by atoms with van der Waals surface area (Å²) in [5.41, 5.74) is 0. The molecule has 1 saturated carbocycles. The van der Waals surface area contributed by atoms with Gasteiger partial charge in [-0.3, -0.25) is 10.1 Å². The number of nitrogens with one attached hydrogen (secondary N) is 3. The molecular formula is C13H21N5O2S2. The van der Waals surface area contributed by atoms with Crippen LogP contribution in [0.2, 0.25) is 0 Å². The van der Waals surface area contributed by atoms with Crippen molar-refractivity contribution in [3.63, 3.8) is 0 Å². The molecule has 1 aromatic heterocycles. The number of carbonyl (C=O) groups excluding carboxylic acids is 2. The Balaban J connectivity index is 1.75. The molecule has 1 aliphatic rings. The SMILES string of the molecule is CC(C)CNC(=O)NC(=O)[C@H](C)Sc1nnc(NC2CC2)s1. The zero-order valence-corrected chi connectivity index (χ0v) is 14.5. The lowest BCUT2D eigenvalue weighted by Crippen LogP contribution is -2.43. The van der Waals surface area contributed by atoms with Crippen LogP contribution in [0.25, 0.3) is 0 Å². The zero-order chi connectivity index (χ0) is 16.1. The first-order chi connectivity index (χ1) is 10.4. The van der Waals surface area contributed by atoms with E-state index in [-0.39, 0.29) is 5.91 Å². The molecule has 1 atom stereocenters. The highest BCUT2D eigenvalue weighted by atomic mass is 32.2. The Labute approximate surface area is 138 Å². The number of aromatic nitrogens is 2. The van der Waals surface area contributed by atoms with E-state index in [1.54, 1.807) is 6.92 Å². The van der Waals surface area contributed by atoms with Crippen molar-refractivity contribution in [3.8, 4) is 0 Å². The fourth-order valence-electron chi connectivity index (χ4n) is 1.48. The monoisotopic (exact) mass is 343 g/mol. The first-order valence-corrected chi connectivity index (χ1v) is 8.99. The Kier molecular flexibility index (Phi) is 6.01. The zero-order valence-electron chi connectivity index (χ0n) is 12.9. The van der Waals surface area contributed by atoms with E-state index in [9.17, 15) is 9.59 Å². The smallest absolute Gasteiger partial charge is 0.321 e. The van der Waals surface area contributed by atoms with Gasteiger partial charge in [0.15, 0.2) is 4.34 Å². The van der Waals surface area contributed by atoms with Crippen molar-refractivity contribution in [2.24, 2.45) is 5.92 Å². The third-order valence-corrected chi connectivity index (χ3v) is 4.90. The van der Waals surface area contributed by atoms with Crippen LogP contribution in [-0.4, -0.2) is 40.0 Å². The molecule has 2 rings (SSSR count). The molecule has 0 aliphatic heterocycles. The molecule has 0 saturated heterocycles. The Morgan fingerprint density at radius 3 is 2.68 bits per heavy atom. The third kappa shape index (κ3) is 5.80. The van der Waals surface area contributed by atoms with Crippen molar-refractivity contribution in [3.05, 3.63) is 0 Å². The molecule has 9 heteroatoms. The predicted molar refractivity (Wildman–Crippen MR) is 88.3 cm³/mol. The van der Waals surface area contributed by atoms with Gasteiger partial charge in [-0.05, 0) is 25.7 Å². The minimum Gasteiger partial charge on any atom is -0.357 e. The van der Waals surface area contributed by atoms with Crippen LogP contribution < -0.4 is 16.0 Å². The van der Waals surface area contributed by atoms with E-state index in [0.29, 0.717) is 22.8 Å². The molecule has 0 spiro atoms. The number of anilines is 1. The summed E-state index contributed by atoms with van der Waals surface area (Å²) >= 11 is 2.73. The molecule has 0 unspecified atom stereocenters. The lowest BCUT2D eigenvalue weighted by Gasteiger charge is -2.11. The molecular weight excluding hydrogens is 322 g/mol. The Morgan fingerprint density at radius 2 is 2.05 bits per heavy atom. The number of nitrogens with zero attached hydrogens (tertiary/aromatic N) is 2. The average Bonchev–Trinajstić information content (AvgIpc) is 3.15. The Morgan fingerprint density at radius 1 is 1.32 bits per heavy atom. The summed E-state index contributed by atoms with van der Waals surface area (Å²) in [7, 11) is 0. The van der Waals surface area contributed by atoms with Crippen LogP contribution in [0.3, 0.4) is 0 Å². The number of imide groups is 1. The number of rotatable bonds is 7. The number of thioether (sulfide) groups is 1. The first-order valence-electron chi connectivity index (χ1n) is 7.29. The summed E-state index contributed by atoms with van der Waals surface area (Å²) in [6.07, 6.45) is 2.35. The van der Waals surface area contributed by atoms with Gasteiger partial charge in [0.25, 0.3) is 0 Å². The lowest BCUT2D eigenvalue weighted by atomic mass is 10.2. The molecule has 1 fully saturated rings. The summed E-state index contributed by atoms with van der Waals surface area (Å²) in [6.45, 7) is 6.25. The maximum atomic E-state index is 11.9. The highest BCUT2D eigenvalue weighted by Gasteiger charge is 2.23. The van der Waals surface area contributed by atoms with Gasteiger partial charge < -0.3 is 10.6 Å². The van der Waals surface area contributed by atoms with Gasteiger partial charge in [0, 0.05) is 12.6 Å². The molecule has 122 valence electrons. The second-order valence-electron chi connectivity index (χ2n) is 5.64. The van der Waals surface area contributed by atoms with E-state index in [2.05, 4.69) is 26.1 Å². The Hall–Kier alpha value is -1.35. The van der Waals surface area contributed by atoms with Gasteiger partial charge in [0.2, 0.25) is 11.0 Å². The number of carbonyl (C=O) groups is 2. The molecule has 0 aromatic carbocycles. The maximum Gasteiger partial charge on any atom is 0.321 e. The van der Waals surface area contributed by atoms with Crippen molar-refractivity contribution < 1.29 is 9.59 Å². The van der Waals surface area contributed by atoms with E-state index in [1.807, 2.05) is 13.8 Å². The van der Waals surface area contributed by atoms with E-state index in [1.165, 1.54) is 35.9 Å². The van der Waals surface area contributed by atoms with Gasteiger partial charge in [-0.1, -0.05) is 36.9 Å². The molecule has 3 amide bonds. The normalized spacial score (nSPS) is 15.5. The van der Waals surface area contributed by atoms with Gasteiger partial charge in [-0.25, -0.2) is 4.79 Å². The van der Waals surface area contributed by atoms with Gasteiger partial charge in [0.1, 0.15) is 0 Å². The van der Waals surface area contributed by atoms with Crippen molar-refractivity contribution in [2.75, 3.05) is 11.9 Å². The van der Waals surface area contributed by atoms with Gasteiger partial charge in [0.05, 0.1) is 5.25 Å². The van der Waals surface area contributed by atoms with Gasteiger partial charge in [-0.2, -0.15) is 0 Å². The highest BCUT2D eigenvalue weighted by molar-refractivity contribution is 8.02. The van der Waals surface area contributed by atoms with Crippen LogP contribution in [0, 0.1) is 5.92 Å². The van der Waals surface area contributed by atoms with E-state index in [4.69, 9.17) is 0 Å². The molecule has 22 heavy (non-hydrogen) atoms. The molecule has 1 heterocycles. The number of urea groups is 1. The molecule has 0 bridgehead atoms. The summed E-state index contributed by atoms with van der Waals surface area (Å²) in [5.74, 6) is 0.00425. The highest BCUT2D eigenvalue weighted by Crippen LogP contribution is 2.31. The second kappa shape index (κ2) is 7.77. The quantitative estimate of drug-likeness (QED) is 0.656. The summed E-state index contributed by atoms with van der Waals surface area (Å²) in [4.78, 5) is 23.5. The lowest BCUT2D eigenvalue weighted by molar-refractivity contribution is -0.119. The molecule has 3 N–H and O–H groups in total. The average molecular weight is 343 g/mol. The van der Waals surface area contributed by atoms with Crippen LogP contribution in [0.1, 0.15) is 33.6 Å². The largest absolute Gasteiger partial charge is 0.357 e. The topological polar surface area (TPSA) is 96.0 Å². The summed E-state index contributed by atoms with van der Waals surface area (Å²) < 4.78 is 0.716. The number of hydrogen-bond acceptors (Lipinski definition) is 7.